The van der Waals surface area contributed by atoms with Crippen molar-refractivity contribution in [3.05, 3.63) is 78.1 Å². The standard InChI is InChI=1S/C21H21N3O3/c1-26-18-8-5-7-17(12-18)24-21(25)19-13-16(10-11-22-19)23-14-15-6-3-4-9-20(15)27-2/h3-13H,14H2,1-2H3,(H,22,23)(H,24,25). The molecule has 3 rings (SSSR count). The largest absolute Gasteiger partial charge is 0.497 e. The number of aromatic nitrogens is 1. The summed E-state index contributed by atoms with van der Waals surface area (Å²) in [6.45, 7) is 0.574. The van der Waals surface area contributed by atoms with Crippen molar-refractivity contribution in [2.75, 3.05) is 24.9 Å². The highest BCUT2D eigenvalue weighted by atomic mass is 16.5. The molecular weight excluding hydrogens is 342 g/mol. The first-order valence-electron chi connectivity index (χ1n) is 8.47. The molecule has 1 amide bonds. The van der Waals surface area contributed by atoms with Gasteiger partial charge >= 0.3 is 0 Å². The van der Waals surface area contributed by atoms with Crippen molar-refractivity contribution in [1.82, 2.24) is 4.98 Å². The van der Waals surface area contributed by atoms with Crippen molar-refractivity contribution in [3.8, 4) is 11.5 Å². The monoisotopic (exact) mass is 363 g/mol. The Hall–Kier alpha value is -3.54. The van der Waals surface area contributed by atoms with Crippen molar-refractivity contribution in [2.24, 2.45) is 0 Å². The summed E-state index contributed by atoms with van der Waals surface area (Å²) >= 11 is 0. The van der Waals surface area contributed by atoms with Crippen molar-refractivity contribution in [3.63, 3.8) is 0 Å². The van der Waals surface area contributed by atoms with E-state index >= 15 is 0 Å². The lowest BCUT2D eigenvalue weighted by Gasteiger charge is -2.11. The molecule has 138 valence electrons. The number of para-hydroxylation sites is 1. The Morgan fingerprint density at radius 2 is 1.81 bits per heavy atom. The lowest BCUT2D eigenvalue weighted by molar-refractivity contribution is 0.102. The van der Waals surface area contributed by atoms with Crippen LogP contribution >= 0.6 is 0 Å². The molecule has 1 heterocycles. The summed E-state index contributed by atoms with van der Waals surface area (Å²) in [7, 11) is 3.23. The Kier molecular flexibility index (Phi) is 5.89. The van der Waals surface area contributed by atoms with E-state index < -0.39 is 0 Å². The molecule has 2 N–H and O–H groups in total. The van der Waals surface area contributed by atoms with E-state index in [1.54, 1.807) is 38.6 Å². The molecule has 0 atom stereocenters. The first kappa shape index (κ1) is 18.3. The number of hydrogen-bond donors (Lipinski definition) is 2. The van der Waals surface area contributed by atoms with Gasteiger partial charge in [-0.05, 0) is 30.3 Å². The number of nitrogens with zero attached hydrogens (tertiary/aromatic N) is 1. The number of anilines is 2. The van der Waals surface area contributed by atoms with E-state index in [1.807, 2.05) is 42.5 Å². The molecule has 0 aliphatic rings. The first-order valence-corrected chi connectivity index (χ1v) is 8.47. The Morgan fingerprint density at radius 3 is 2.63 bits per heavy atom. The Balaban J connectivity index is 1.68. The van der Waals surface area contributed by atoms with E-state index in [-0.39, 0.29) is 5.91 Å². The van der Waals surface area contributed by atoms with Crippen LogP contribution in [0.1, 0.15) is 16.1 Å². The van der Waals surface area contributed by atoms with Crippen molar-refractivity contribution < 1.29 is 14.3 Å². The summed E-state index contributed by atoms with van der Waals surface area (Å²) in [6, 6.07) is 18.5. The van der Waals surface area contributed by atoms with Crippen molar-refractivity contribution in [2.45, 2.75) is 6.54 Å². The van der Waals surface area contributed by atoms with Gasteiger partial charge in [-0.1, -0.05) is 24.3 Å². The smallest absolute Gasteiger partial charge is 0.274 e. The molecule has 0 radical (unpaired) electrons. The van der Waals surface area contributed by atoms with Gasteiger partial charge in [-0.25, -0.2) is 0 Å². The highest BCUT2D eigenvalue weighted by molar-refractivity contribution is 6.03. The van der Waals surface area contributed by atoms with Crippen LogP contribution < -0.4 is 20.1 Å². The minimum absolute atomic E-state index is 0.288. The summed E-state index contributed by atoms with van der Waals surface area (Å²) in [5, 5.41) is 6.12. The van der Waals surface area contributed by atoms with E-state index in [9.17, 15) is 4.79 Å². The number of benzene rings is 2. The molecule has 0 saturated carbocycles. The fraction of sp³-hybridized carbons (Fsp3) is 0.143. The predicted octanol–water partition coefficient (Wildman–Crippen LogP) is 3.96. The summed E-state index contributed by atoms with van der Waals surface area (Å²) in [5.74, 6) is 1.20. The number of nitrogens with one attached hydrogen (secondary N) is 2. The van der Waals surface area contributed by atoms with Crippen LogP contribution in [0.2, 0.25) is 0 Å². The van der Waals surface area contributed by atoms with Gasteiger partial charge in [0.05, 0.1) is 14.2 Å². The molecule has 0 saturated heterocycles. The molecule has 3 aromatic rings. The van der Waals surface area contributed by atoms with Crippen LogP contribution in [-0.4, -0.2) is 25.1 Å². The molecule has 6 nitrogen and oxygen atoms in total. The van der Waals surface area contributed by atoms with E-state index in [1.165, 1.54) is 0 Å². The predicted molar refractivity (Wildman–Crippen MR) is 106 cm³/mol. The quantitative estimate of drug-likeness (QED) is 0.665. The van der Waals surface area contributed by atoms with Gasteiger partial charge in [0.15, 0.2) is 0 Å². The zero-order chi connectivity index (χ0) is 19.1. The van der Waals surface area contributed by atoms with E-state index in [4.69, 9.17) is 9.47 Å². The lowest BCUT2D eigenvalue weighted by Crippen LogP contribution is -2.14. The number of carbonyl (C=O) groups excluding carboxylic acids is 1. The molecule has 1 aromatic heterocycles. The number of amides is 1. The summed E-state index contributed by atoms with van der Waals surface area (Å²) in [4.78, 5) is 16.6. The molecule has 2 aromatic carbocycles. The molecule has 0 aliphatic carbocycles. The summed E-state index contributed by atoms with van der Waals surface area (Å²) < 4.78 is 10.5. The Labute approximate surface area is 158 Å². The maximum Gasteiger partial charge on any atom is 0.274 e. The van der Waals surface area contributed by atoms with E-state index in [0.717, 1.165) is 17.0 Å². The van der Waals surface area contributed by atoms with Crippen LogP contribution in [0.5, 0.6) is 11.5 Å². The molecular formula is C21H21N3O3. The lowest BCUT2D eigenvalue weighted by atomic mass is 10.2. The Bertz CT molecular complexity index is 928. The third kappa shape index (κ3) is 4.76. The molecule has 6 heteroatoms. The number of methoxy groups -OCH3 is 2. The number of pyridine rings is 1. The van der Waals surface area contributed by atoms with Gasteiger partial charge in [0.2, 0.25) is 0 Å². The van der Waals surface area contributed by atoms with Crippen LogP contribution in [0.25, 0.3) is 0 Å². The van der Waals surface area contributed by atoms with Crippen LogP contribution in [0.15, 0.2) is 66.9 Å². The van der Waals surface area contributed by atoms with Crippen LogP contribution in [0.4, 0.5) is 11.4 Å². The number of rotatable bonds is 7. The summed E-state index contributed by atoms with van der Waals surface area (Å²) in [5.41, 5.74) is 2.79. The minimum atomic E-state index is -0.288. The molecule has 0 spiro atoms. The van der Waals surface area contributed by atoms with Crippen LogP contribution in [0, 0.1) is 0 Å². The minimum Gasteiger partial charge on any atom is -0.497 e. The zero-order valence-electron chi connectivity index (χ0n) is 15.2. The van der Waals surface area contributed by atoms with E-state index in [0.29, 0.717) is 23.7 Å². The van der Waals surface area contributed by atoms with Crippen LogP contribution in [0.3, 0.4) is 0 Å². The SMILES string of the molecule is COc1cccc(NC(=O)c2cc(NCc3ccccc3OC)ccn2)c1. The average molecular weight is 363 g/mol. The molecule has 0 bridgehead atoms. The normalized spacial score (nSPS) is 10.1. The number of hydrogen-bond acceptors (Lipinski definition) is 5. The third-order valence-electron chi connectivity index (χ3n) is 4.00. The topological polar surface area (TPSA) is 72.5 Å². The van der Waals surface area contributed by atoms with Gasteiger partial charge in [0.25, 0.3) is 5.91 Å². The maximum atomic E-state index is 12.5. The third-order valence-corrected chi connectivity index (χ3v) is 4.00. The molecule has 27 heavy (non-hydrogen) atoms. The van der Waals surface area contributed by atoms with Gasteiger partial charge in [0.1, 0.15) is 17.2 Å². The molecule has 0 fully saturated rings. The molecule has 0 aliphatic heterocycles. The van der Waals surface area contributed by atoms with E-state index in [2.05, 4.69) is 15.6 Å². The number of ether oxygens (including phenoxy) is 2. The van der Waals surface area contributed by atoms with Gasteiger partial charge < -0.3 is 20.1 Å². The zero-order valence-corrected chi connectivity index (χ0v) is 15.2. The van der Waals surface area contributed by atoms with Gasteiger partial charge in [-0.2, -0.15) is 0 Å². The van der Waals surface area contributed by atoms with Gasteiger partial charge in [-0.15, -0.1) is 0 Å². The molecule has 0 unspecified atom stereocenters. The van der Waals surface area contributed by atoms with Crippen molar-refractivity contribution in [1.29, 1.82) is 0 Å². The first-order chi connectivity index (χ1) is 13.2. The van der Waals surface area contributed by atoms with Gasteiger partial charge in [-0.3, -0.25) is 9.78 Å². The highest BCUT2D eigenvalue weighted by Gasteiger charge is 2.09. The highest BCUT2D eigenvalue weighted by Crippen LogP contribution is 2.20. The average Bonchev–Trinajstić information content (AvgIpc) is 2.72. The fourth-order valence-corrected chi connectivity index (χ4v) is 2.61. The van der Waals surface area contributed by atoms with Crippen LogP contribution in [-0.2, 0) is 6.54 Å². The second-order valence-electron chi connectivity index (χ2n) is 5.78. The van der Waals surface area contributed by atoms with Gasteiger partial charge in [0, 0.05) is 35.7 Å². The second-order valence-corrected chi connectivity index (χ2v) is 5.78. The Morgan fingerprint density at radius 1 is 0.963 bits per heavy atom. The fourth-order valence-electron chi connectivity index (χ4n) is 2.61. The second kappa shape index (κ2) is 8.71. The maximum absolute atomic E-state index is 12.5. The summed E-state index contributed by atoms with van der Waals surface area (Å²) in [6.07, 6.45) is 1.60. The number of carbonyl (C=O) groups is 1. The van der Waals surface area contributed by atoms with Crippen molar-refractivity contribution >= 4 is 17.3 Å².